The van der Waals surface area contributed by atoms with E-state index in [1.54, 1.807) is 6.20 Å². The summed E-state index contributed by atoms with van der Waals surface area (Å²) in [6.07, 6.45) is 3.49. The quantitative estimate of drug-likeness (QED) is 0.593. The van der Waals surface area contributed by atoms with E-state index in [2.05, 4.69) is 27.8 Å². The number of carbonyl (C=O) groups is 1. The van der Waals surface area contributed by atoms with E-state index in [0.29, 0.717) is 6.61 Å². The third kappa shape index (κ3) is 5.08. The lowest BCUT2D eigenvalue weighted by Crippen LogP contribution is -2.20. The Morgan fingerprint density at radius 1 is 1.53 bits per heavy atom. The third-order valence-corrected chi connectivity index (χ3v) is 3.73. The fraction of sp³-hybridized carbons (Fsp3) is 0.500. The van der Waals surface area contributed by atoms with Crippen LogP contribution in [0.25, 0.3) is 0 Å². The van der Waals surface area contributed by atoms with Crippen LogP contribution in [0, 0.1) is 0 Å². The Morgan fingerprint density at radius 3 is 2.82 bits per heavy atom. The van der Waals surface area contributed by atoms with E-state index in [9.17, 15) is 4.79 Å². The Balaban J connectivity index is 2.65. The Bertz CT molecular complexity index is 356. The van der Waals surface area contributed by atoms with Gasteiger partial charge in [-0.15, -0.1) is 0 Å². The molecule has 5 heteroatoms. The molecule has 0 aliphatic rings. The summed E-state index contributed by atoms with van der Waals surface area (Å²) >= 11 is 4.80. The standard InChI is InChI=1S/C12H16BrNO2S/c1-3-5-10(12(15)16-4-2)17-11-7-6-9(13)8-14-11/h6-8,10H,3-5H2,1-2H3. The Morgan fingerprint density at radius 2 is 2.29 bits per heavy atom. The van der Waals surface area contributed by atoms with Gasteiger partial charge in [0.1, 0.15) is 5.25 Å². The first-order chi connectivity index (χ1) is 8.17. The van der Waals surface area contributed by atoms with Gasteiger partial charge in [-0.25, -0.2) is 4.98 Å². The van der Waals surface area contributed by atoms with Gasteiger partial charge in [-0.3, -0.25) is 4.79 Å². The molecule has 0 aliphatic carbocycles. The van der Waals surface area contributed by atoms with Crippen LogP contribution >= 0.6 is 27.7 Å². The van der Waals surface area contributed by atoms with Gasteiger partial charge in [0, 0.05) is 10.7 Å². The fourth-order valence-corrected chi connectivity index (χ4v) is 2.60. The van der Waals surface area contributed by atoms with Crippen LogP contribution in [0.5, 0.6) is 0 Å². The molecule has 0 saturated carbocycles. The van der Waals surface area contributed by atoms with Crippen LogP contribution < -0.4 is 0 Å². The molecule has 0 saturated heterocycles. The van der Waals surface area contributed by atoms with E-state index in [1.807, 2.05) is 19.1 Å². The monoisotopic (exact) mass is 317 g/mol. The van der Waals surface area contributed by atoms with Crippen molar-refractivity contribution in [2.24, 2.45) is 0 Å². The highest BCUT2D eigenvalue weighted by molar-refractivity contribution is 9.10. The maximum atomic E-state index is 11.7. The van der Waals surface area contributed by atoms with Crippen LogP contribution in [0.1, 0.15) is 26.7 Å². The molecule has 0 aliphatic heterocycles. The predicted molar refractivity (Wildman–Crippen MR) is 73.1 cm³/mol. The Kier molecular flexibility index (Phi) is 6.58. The zero-order valence-corrected chi connectivity index (χ0v) is 12.4. The zero-order chi connectivity index (χ0) is 12.7. The minimum atomic E-state index is -0.159. The Labute approximate surface area is 114 Å². The third-order valence-electron chi connectivity index (χ3n) is 2.06. The Hall–Kier alpha value is -0.550. The second-order valence-corrected chi connectivity index (χ2v) is 5.60. The molecular weight excluding hydrogens is 302 g/mol. The van der Waals surface area contributed by atoms with Gasteiger partial charge in [-0.05, 0) is 41.4 Å². The average molecular weight is 318 g/mol. The molecule has 0 fully saturated rings. The van der Waals surface area contributed by atoms with E-state index in [0.717, 1.165) is 22.3 Å². The highest BCUT2D eigenvalue weighted by Crippen LogP contribution is 2.26. The topological polar surface area (TPSA) is 39.2 Å². The minimum absolute atomic E-state index is 0.149. The van der Waals surface area contributed by atoms with E-state index in [1.165, 1.54) is 11.8 Å². The molecule has 0 radical (unpaired) electrons. The van der Waals surface area contributed by atoms with Crippen molar-refractivity contribution >= 4 is 33.7 Å². The number of carbonyl (C=O) groups excluding carboxylic acids is 1. The van der Waals surface area contributed by atoms with Crippen molar-refractivity contribution in [2.75, 3.05) is 6.61 Å². The van der Waals surface area contributed by atoms with Gasteiger partial charge in [0.25, 0.3) is 0 Å². The van der Waals surface area contributed by atoms with E-state index >= 15 is 0 Å². The number of thioether (sulfide) groups is 1. The van der Waals surface area contributed by atoms with Gasteiger partial charge in [0.2, 0.25) is 0 Å². The highest BCUT2D eigenvalue weighted by Gasteiger charge is 2.20. The number of ether oxygens (including phenoxy) is 1. The van der Waals surface area contributed by atoms with Crippen LogP contribution in [0.2, 0.25) is 0 Å². The summed E-state index contributed by atoms with van der Waals surface area (Å²) in [4.78, 5) is 16.0. The van der Waals surface area contributed by atoms with Gasteiger partial charge in [0.05, 0.1) is 11.6 Å². The lowest BCUT2D eigenvalue weighted by molar-refractivity contribution is -0.142. The van der Waals surface area contributed by atoms with Crippen molar-refractivity contribution in [3.63, 3.8) is 0 Å². The summed E-state index contributed by atoms with van der Waals surface area (Å²) in [5.41, 5.74) is 0. The maximum Gasteiger partial charge on any atom is 0.319 e. The van der Waals surface area contributed by atoms with E-state index < -0.39 is 0 Å². The molecule has 17 heavy (non-hydrogen) atoms. The first-order valence-electron chi connectivity index (χ1n) is 5.62. The molecule has 0 aromatic carbocycles. The van der Waals surface area contributed by atoms with Crippen molar-refractivity contribution in [3.8, 4) is 0 Å². The number of hydrogen-bond donors (Lipinski definition) is 0. The van der Waals surface area contributed by atoms with Crippen LogP contribution in [0.4, 0.5) is 0 Å². The van der Waals surface area contributed by atoms with Gasteiger partial charge < -0.3 is 4.74 Å². The summed E-state index contributed by atoms with van der Waals surface area (Å²) < 4.78 is 5.99. The molecule has 0 spiro atoms. The molecule has 0 amide bonds. The molecular formula is C12H16BrNO2S. The summed E-state index contributed by atoms with van der Waals surface area (Å²) in [5.74, 6) is -0.149. The summed E-state index contributed by atoms with van der Waals surface area (Å²) in [5, 5.41) is 0.688. The molecule has 1 heterocycles. The molecule has 0 bridgehead atoms. The first-order valence-corrected chi connectivity index (χ1v) is 7.29. The SMILES string of the molecule is CCCC(Sc1ccc(Br)cn1)C(=O)OCC. The van der Waals surface area contributed by atoms with E-state index in [-0.39, 0.29) is 11.2 Å². The summed E-state index contributed by atoms with van der Waals surface area (Å²) in [6.45, 7) is 4.30. The van der Waals surface area contributed by atoms with Crippen molar-refractivity contribution in [1.29, 1.82) is 0 Å². The molecule has 1 unspecified atom stereocenters. The van der Waals surface area contributed by atoms with Gasteiger partial charge in [0.15, 0.2) is 0 Å². The molecule has 94 valence electrons. The largest absolute Gasteiger partial charge is 0.465 e. The van der Waals surface area contributed by atoms with Crippen molar-refractivity contribution in [3.05, 3.63) is 22.8 Å². The van der Waals surface area contributed by atoms with Gasteiger partial charge >= 0.3 is 5.97 Å². The van der Waals surface area contributed by atoms with Crippen LogP contribution in [-0.2, 0) is 9.53 Å². The molecule has 1 aromatic heterocycles. The molecule has 3 nitrogen and oxygen atoms in total. The minimum Gasteiger partial charge on any atom is -0.465 e. The van der Waals surface area contributed by atoms with Crippen molar-refractivity contribution < 1.29 is 9.53 Å². The summed E-state index contributed by atoms with van der Waals surface area (Å²) in [7, 11) is 0. The normalized spacial score (nSPS) is 12.2. The zero-order valence-electron chi connectivity index (χ0n) is 9.98. The van der Waals surface area contributed by atoms with Crippen LogP contribution in [0.3, 0.4) is 0 Å². The summed E-state index contributed by atoms with van der Waals surface area (Å²) in [6, 6.07) is 3.82. The predicted octanol–water partition coefficient (Wildman–Crippen LogP) is 3.67. The number of esters is 1. The lowest BCUT2D eigenvalue weighted by Gasteiger charge is -2.13. The second-order valence-electron chi connectivity index (χ2n) is 3.46. The molecule has 1 rings (SSSR count). The molecule has 1 atom stereocenters. The molecule has 1 aromatic rings. The second kappa shape index (κ2) is 7.71. The fourth-order valence-electron chi connectivity index (χ4n) is 1.30. The number of hydrogen-bond acceptors (Lipinski definition) is 4. The van der Waals surface area contributed by atoms with Gasteiger partial charge in [-0.1, -0.05) is 25.1 Å². The lowest BCUT2D eigenvalue weighted by atomic mass is 10.2. The number of aromatic nitrogens is 1. The maximum absolute atomic E-state index is 11.7. The van der Waals surface area contributed by atoms with Crippen LogP contribution in [-0.4, -0.2) is 22.8 Å². The molecule has 0 N–H and O–H groups in total. The smallest absolute Gasteiger partial charge is 0.319 e. The van der Waals surface area contributed by atoms with Crippen LogP contribution in [0.15, 0.2) is 27.8 Å². The number of rotatable bonds is 6. The number of nitrogens with zero attached hydrogens (tertiary/aromatic N) is 1. The van der Waals surface area contributed by atoms with E-state index in [4.69, 9.17) is 4.74 Å². The number of halogens is 1. The van der Waals surface area contributed by atoms with Crippen molar-refractivity contribution in [2.45, 2.75) is 37.0 Å². The van der Waals surface area contributed by atoms with Crippen molar-refractivity contribution in [1.82, 2.24) is 4.98 Å². The van der Waals surface area contributed by atoms with Gasteiger partial charge in [-0.2, -0.15) is 0 Å². The number of pyridine rings is 1. The average Bonchev–Trinajstić information content (AvgIpc) is 2.31. The first kappa shape index (κ1) is 14.5. The highest BCUT2D eigenvalue weighted by atomic mass is 79.9.